The van der Waals surface area contributed by atoms with Gasteiger partial charge in [-0.1, -0.05) is 31.4 Å². The van der Waals surface area contributed by atoms with E-state index in [0.717, 1.165) is 36.8 Å². The lowest BCUT2D eigenvalue weighted by Gasteiger charge is -2.33. The maximum atomic E-state index is 12.6. The quantitative estimate of drug-likeness (QED) is 0.910. The topological polar surface area (TPSA) is 57.6 Å². The van der Waals surface area contributed by atoms with Crippen LogP contribution in [0.25, 0.3) is 0 Å². The third kappa shape index (κ3) is 2.80. The number of rotatable bonds is 2. The summed E-state index contributed by atoms with van der Waals surface area (Å²) in [4.78, 5) is 25.8. The van der Waals surface area contributed by atoms with Gasteiger partial charge in [0.1, 0.15) is 0 Å². The fourth-order valence-corrected chi connectivity index (χ4v) is 3.61. The van der Waals surface area contributed by atoms with Crippen molar-refractivity contribution >= 4 is 11.9 Å². The zero-order valence-electron chi connectivity index (χ0n) is 12.2. The molecule has 1 amide bonds. The van der Waals surface area contributed by atoms with E-state index in [2.05, 4.69) is 0 Å². The Bertz CT molecular complexity index is 561. The highest BCUT2D eigenvalue weighted by Crippen LogP contribution is 2.29. The van der Waals surface area contributed by atoms with Gasteiger partial charge in [-0.05, 0) is 36.5 Å². The minimum atomic E-state index is -0.876. The number of carboxylic acid groups (broad SMARTS) is 1. The average Bonchev–Trinajstić information content (AvgIpc) is 2.53. The number of carbonyl (C=O) groups excluding carboxylic acids is 1. The number of fused-ring (bicyclic) bond motifs is 1. The van der Waals surface area contributed by atoms with Crippen molar-refractivity contribution in [3.05, 3.63) is 34.9 Å². The first-order valence-corrected chi connectivity index (χ1v) is 7.79. The van der Waals surface area contributed by atoms with Crippen molar-refractivity contribution in [2.75, 3.05) is 6.54 Å². The standard InChI is InChI=1S/C17H21NO3/c19-16(12-5-2-1-3-6-12)18-10-9-14-13(11-18)7-4-8-15(14)17(20)21/h4,7-8,12H,1-3,5-6,9-11H2,(H,20,21). The summed E-state index contributed by atoms with van der Waals surface area (Å²) in [5, 5.41) is 9.24. The number of carbonyl (C=O) groups is 2. The van der Waals surface area contributed by atoms with Crippen LogP contribution < -0.4 is 0 Å². The van der Waals surface area contributed by atoms with Crippen molar-refractivity contribution in [1.29, 1.82) is 0 Å². The van der Waals surface area contributed by atoms with Gasteiger partial charge in [-0.3, -0.25) is 4.79 Å². The van der Waals surface area contributed by atoms with Gasteiger partial charge in [0.15, 0.2) is 0 Å². The molecule has 1 aromatic carbocycles. The molecular weight excluding hydrogens is 266 g/mol. The summed E-state index contributed by atoms with van der Waals surface area (Å²) >= 11 is 0. The van der Waals surface area contributed by atoms with Crippen molar-refractivity contribution < 1.29 is 14.7 Å². The Kier molecular flexibility index (Phi) is 3.95. The Morgan fingerprint density at radius 1 is 1.14 bits per heavy atom. The summed E-state index contributed by atoms with van der Waals surface area (Å²) in [5.41, 5.74) is 2.28. The van der Waals surface area contributed by atoms with E-state index in [1.807, 2.05) is 11.0 Å². The number of benzene rings is 1. The zero-order chi connectivity index (χ0) is 14.8. The normalized spacial score (nSPS) is 19.1. The highest BCUT2D eigenvalue weighted by molar-refractivity contribution is 5.90. The molecule has 112 valence electrons. The molecular formula is C17H21NO3. The summed E-state index contributed by atoms with van der Waals surface area (Å²) < 4.78 is 0. The van der Waals surface area contributed by atoms with Gasteiger partial charge in [-0.25, -0.2) is 4.79 Å². The van der Waals surface area contributed by atoms with Crippen LogP contribution in [0.3, 0.4) is 0 Å². The molecule has 1 aliphatic heterocycles. The van der Waals surface area contributed by atoms with Crippen LogP contribution in [0.5, 0.6) is 0 Å². The van der Waals surface area contributed by atoms with Gasteiger partial charge in [0.2, 0.25) is 5.91 Å². The average molecular weight is 287 g/mol. The molecule has 1 aromatic rings. The highest BCUT2D eigenvalue weighted by Gasteiger charge is 2.29. The summed E-state index contributed by atoms with van der Waals surface area (Å²) in [7, 11) is 0. The maximum absolute atomic E-state index is 12.6. The second-order valence-corrected chi connectivity index (χ2v) is 6.09. The van der Waals surface area contributed by atoms with E-state index in [9.17, 15) is 14.7 Å². The van der Waals surface area contributed by atoms with Crippen molar-refractivity contribution in [3.8, 4) is 0 Å². The molecule has 1 N–H and O–H groups in total. The zero-order valence-corrected chi connectivity index (χ0v) is 12.2. The third-order valence-electron chi connectivity index (χ3n) is 4.76. The van der Waals surface area contributed by atoms with Crippen LogP contribution >= 0.6 is 0 Å². The van der Waals surface area contributed by atoms with E-state index in [1.54, 1.807) is 12.1 Å². The van der Waals surface area contributed by atoms with E-state index in [1.165, 1.54) is 6.42 Å². The second-order valence-electron chi connectivity index (χ2n) is 6.09. The summed E-state index contributed by atoms with van der Waals surface area (Å²) in [5.74, 6) is -0.428. The Labute approximate surface area is 124 Å². The van der Waals surface area contributed by atoms with Crippen LogP contribution in [-0.2, 0) is 17.8 Å². The molecule has 1 fully saturated rings. The molecule has 2 aliphatic rings. The largest absolute Gasteiger partial charge is 0.478 e. The van der Waals surface area contributed by atoms with Gasteiger partial charge < -0.3 is 10.0 Å². The number of carboxylic acids is 1. The molecule has 0 aromatic heterocycles. The predicted octanol–water partition coefficient (Wildman–Crippen LogP) is 2.85. The Balaban J connectivity index is 1.77. The van der Waals surface area contributed by atoms with E-state index in [-0.39, 0.29) is 11.8 Å². The molecule has 1 aliphatic carbocycles. The highest BCUT2D eigenvalue weighted by atomic mass is 16.4. The molecule has 0 atom stereocenters. The van der Waals surface area contributed by atoms with Crippen molar-refractivity contribution in [1.82, 2.24) is 4.90 Å². The monoisotopic (exact) mass is 287 g/mol. The Morgan fingerprint density at radius 3 is 2.62 bits per heavy atom. The molecule has 0 spiro atoms. The SMILES string of the molecule is O=C(O)c1cccc2c1CCN(C(=O)C1CCCCC1)C2. The third-order valence-corrected chi connectivity index (χ3v) is 4.76. The summed E-state index contributed by atoms with van der Waals surface area (Å²) in [6.07, 6.45) is 6.23. The van der Waals surface area contributed by atoms with Gasteiger partial charge in [0.05, 0.1) is 5.56 Å². The van der Waals surface area contributed by atoms with Crippen LogP contribution in [0, 0.1) is 5.92 Å². The first-order valence-electron chi connectivity index (χ1n) is 7.79. The molecule has 1 heterocycles. The maximum Gasteiger partial charge on any atom is 0.335 e. The van der Waals surface area contributed by atoms with E-state index >= 15 is 0 Å². The van der Waals surface area contributed by atoms with Crippen LogP contribution in [0.2, 0.25) is 0 Å². The van der Waals surface area contributed by atoms with Crippen molar-refractivity contribution in [2.24, 2.45) is 5.92 Å². The first kappa shape index (κ1) is 14.1. The molecule has 1 saturated carbocycles. The van der Waals surface area contributed by atoms with Gasteiger partial charge >= 0.3 is 5.97 Å². The minimum absolute atomic E-state index is 0.183. The molecule has 21 heavy (non-hydrogen) atoms. The Morgan fingerprint density at radius 2 is 1.90 bits per heavy atom. The molecule has 4 heteroatoms. The van der Waals surface area contributed by atoms with Gasteiger partial charge in [0, 0.05) is 19.0 Å². The lowest BCUT2D eigenvalue weighted by Crippen LogP contribution is -2.40. The van der Waals surface area contributed by atoms with Gasteiger partial charge in [-0.2, -0.15) is 0 Å². The fraction of sp³-hybridized carbons (Fsp3) is 0.529. The second kappa shape index (κ2) is 5.88. The Hall–Kier alpha value is -1.84. The number of amides is 1. The fourth-order valence-electron chi connectivity index (χ4n) is 3.61. The summed E-state index contributed by atoms with van der Waals surface area (Å²) in [6.45, 7) is 1.21. The smallest absolute Gasteiger partial charge is 0.335 e. The number of hydrogen-bond donors (Lipinski definition) is 1. The van der Waals surface area contributed by atoms with Crippen LogP contribution in [0.15, 0.2) is 18.2 Å². The van der Waals surface area contributed by atoms with Gasteiger partial charge in [-0.15, -0.1) is 0 Å². The van der Waals surface area contributed by atoms with E-state index in [4.69, 9.17) is 0 Å². The van der Waals surface area contributed by atoms with E-state index in [0.29, 0.717) is 25.1 Å². The minimum Gasteiger partial charge on any atom is -0.478 e. The van der Waals surface area contributed by atoms with Crippen LogP contribution in [0.4, 0.5) is 0 Å². The van der Waals surface area contributed by atoms with Gasteiger partial charge in [0.25, 0.3) is 0 Å². The van der Waals surface area contributed by atoms with Crippen molar-refractivity contribution in [3.63, 3.8) is 0 Å². The first-order chi connectivity index (χ1) is 10.2. The molecule has 0 radical (unpaired) electrons. The molecule has 0 saturated heterocycles. The van der Waals surface area contributed by atoms with E-state index < -0.39 is 5.97 Å². The molecule has 3 rings (SSSR count). The lowest BCUT2D eigenvalue weighted by molar-refractivity contribution is -0.137. The molecule has 0 bridgehead atoms. The molecule has 4 nitrogen and oxygen atoms in total. The summed E-state index contributed by atoms with van der Waals surface area (Å²) in [6, 6.07) is 5.37. The number of aromatic carboxylic acids is 1. The lowest BCUT2D eigenvalue weighted by atomic mass is 9.87. The number of hydrogen-bond acceptors (Lipinski definition) is 2. The predicted molar refractivity (Wildman–Crippen MR) is 79.1 cm³/mol. The molecule has 0 unspecified atom stereocenters. The van der Waals surface area contributed by atoms with Crippen LogP contribution in [-0.4, -0.2) is 28.4 Å². The van der Waals surface area contributed by atoms with Crippen LogP contribution in [0.1, 0.15) is 53.6 Å². The van der Waals surface area contributed by atoms with Crippen molar-refractivity contribution in [2.45, 2.75) is 45.1 Å². The number of nitrogens with zero attached hydrogens (tertiary/aromatic N) is 1.